The average molecular weight is 602 g/mol. The highest BCUT2D eigenvalue weighted by atomic mass is 35.5. The van der Waals surface area contributed by atoms with E-state index >= 15 is 0 Å². The van der Waals surface area contributed by atoms with Crippen LogP contribution in [0, 0.1) is 11.6 Å². The van der Waals surface area contributed by atoms with Crippen molar-refractivity contribution in [2.75, 3.05) is 16.8 Å². The van der Waals surface area contributed by atoms with Gasteiger partial charge in [-0.1, -0.05) is 11.6 Å². The first-order chi connectivity index (χ1) is 19.2. The minimum absolute atomic E-state index is 0.00903. The Morgan fingerprint density at radius 1 is 1.10 bits per heavy atom. The monoisotopic (exact) mass is 601 g/mol. The van der Waals surface area contributed by atoms with Crippen LogP contribution in [0.15, 0.2) is 42.5 Å². The molecule has 214 valence electrons. The highest BCUT2D eigenvalue weighted by Gasteiger charge is 2.41. The summed E-state index contributed by atoms with van der Waals surface area (Å²) in [5, 5.41) is 4.84. The Labute approximate surface area is 230 Å². The van der Waals surface area contributed by atoms with Gasteiger partial charge in [0.15, 0.2) is 0 Å². The lowest BCUT2D eigenvalue weighted by atomic mass is 9.91. The number of amides is 3. The van der Waals surface area contributed by atoms with Crippen LogP contribution in [-0.2, 0) is 17.5 Å². The van der Waals surface area contributed by atoms with Crippen molar-refractivity contribution < 1.29 is 49.9 Å². The third-order valence-corrected chi connectivity index (χ3v) is 6.76. The molecule has 1 atom stereocenters. The Balaban J connectivity index is 1.70. The van der Waals surface area contributed by atoms with Crippen LogP contribution < -0.4 is 15.5 Å². The summed E-state index contributed by atoms with van der Waals surface area (Å²) < 4.78 is 99.6. The predicted molar refractivity (Wildman–Crippen MR) is 130 cm³/mol. The van der Waals surface area contributed by atoms with Crippen LogP contribution in [0.2, 0.25) is 5.02 Å². The van der Waals surface area contributed by atoms with E-state index in [1.165, 1.54) is 6.07 Å². The topological polar surface area (TPSA) is 87.7 Å². The number of rotatable bonds is 5. The molecule has 0 spiro atoms. The fourth-order valence-electron chi connectivity index (χ4n) is 4.72. The number of alkyl halides is 5. The molecule has 2 heterocycles. The number of benzene rings is 3. The molecule has 2 aliphatic heterocycles. The van der Waals surface area contributed by atoms with Gasteiger partial charge in [-0.2, -0.15) is 13.2 Å². The maximum absolute atomic E-state index is 14.2. The van der Waals surface area contributed by atoms with E-state index in [-0.39, 0.29) is 44.7 Å². The van der Waals surface area contributed by atoms with Crippen molar-refractivity contribution in [1.29, 1.82) is 0 Å². The minimum Gasteiger partial charge on any atom is -0.444 e. The van der Waals surface area contributed by atoms with Crippen molar-refractivity contribution in [1.82, 2.24) is 5.32 Å². The molecule has 0 aromatic heterocycles. The summed E-state index contributed by atoms with van der Waals surface area (Å²) in [4.78, 5) is 39.2. The number of halogens is 8. The van der Waals surface area contributed by atoms with E-state index in [1.54, 1.807) is 0 Å². The van der Waals surface area contributed by atoms with E-state index in [4.69, 9.17) is 16.3 Å². The van der Waals surface area contributed by atoms with Gasteiger partial charge in [-0.25, -0.2) is 22.4 Å². The molecule has 2 aliphatic rings. The van der Waals surface area contributed by atoms with Crippen LogP contribution in [0.3, 0.4) is 0 Å². The maximum Gasteiger partial charge on any atom is 0.416 e. The number of ether oxygens (including phenoxy) is 1. The quantitative estimate of drug-likeness (QED) is 0.330. The predicted octanol–water partition coefficient (Wildman–Crippen LogP) is 6.44. The first kappa shape index (κ1) is 28.2. The van der Waals surface area contributed by atoms with Crippen molar-refractivity contribution in [2.45, 2.75) is 25.3 Å². The number of nitrogens with one attached hydrogen (secondary N) is 2. The zero-order valence-electron chi connectivity index (χ0n) is 20.2. The summed E-state index contributed by atoms with van der Waals surface area (Å²) in [5.74, 6) is -4.20. The van der Waals surface area contributed by atoms with Gasteiger partial charge < -0.3 is 15.4 Å². The summed E-state index contributed by atoms with van der Waals surface area (Å²) >= 11 is 6.25. The van der Waals surface area contributed by atoms with Gasteiger partial charge in [0.1, 0.15) is 18.2 Å². The molecular weight excluding hydrogens is 587 g/mol. The highest BCUT2D eigenvalue weighted by molar-refractivity contribution is 6.31. The third-order valence-electron chi connectivity index (χ3n) is 6.42. The number of hydrogen-bond donors (Lipinski definition) is 2. The summed E-state index contributed by atoms with van der Waals surface area (Å²) in [6.07, 6.45) is -9.21. The Morgan fingerprint density at radius 3 is 2.51 bits per heavy atom. The number of anilines is 2. The van der Waals surface area contributed by atoms with Gasteiger partial charge in [0, 0.05) is 33.0 Å². The fraction of sp³-hybridized carbons (Fsp3) is 0.192. The van der Waals surface area contributed by atoms with Crippen LogP contribution in [0.1, 0.15) is 49.0 Å². The second-order valence-corrected chi connectivity index (χ2v) is 9.43. The lowest BCUT2D eigenvalue weighted by Gasteiger charge is -2.31. The number of fused-ring (bicyclic) bond motifs is 3. The number of carbonyl (C=O) groups is 3. The second-order valence-electron chi connectivity index (χ2n) is 9.02. The van der Waals surface area contributed by atoms with E-state index in [9.17, 15) is 45.1 Å². The Bertz CT molecular complexity index is 1610. The van der Waals surface area contributed by atoms with Gasteiger partial charge >= 0.3 is 12.3 Å². The van der Waals surface area contributed by atoms with Crippen LogP contribution in [0.4, 0.5) is 46.9 Å². The summed E-state index contributed by atoms with van der Waals surface area (Å²) in [5.41, 5.74) is -3.04. The van der Waals surface area contributed by atoms with E-state index in [0.29, 0.717) is 17.0 Å². The highest BCUT2D eigenvalue weighted by Crippen LogP contribution is 2.45. The molecule has 3 aromatic rings. The van der Waals surface area contributed by atoms with Gasteiger partial charge in [0.2, 0.25) is 0 Å². The lowest BCUT2D eigenvalue weighted by Crippen LogP contribution is -2.39. The minimum atomic E-state index is -4.99. The SMILES string of the molecule is O=C(Nc1cc2c(c3c1C(c1cc(F)ccc1Cl)NC3=O)COC(=O)N2CC(F)F)c1cc(F)cc(C(F)(F)F)c1. The molecule has 2 N–H and O–H groups in total. The zero-order valence-corrected chi connectivity index (χ0v) is 21.0. The molecule has 41 heavy (non-hydrogen) atoms. The van der Waals surface area contributed by atoms with E-state index in [2.05, 4.69) is 10.6 Å². The van der Waals surface area contributed by atoms with E-state index < -0.39 is 72.5 Å². The summed E-state index contributed by atoms with van der Waals surface area (Å²) in [7, 11) is 0. The first-order valence-electron chi connectivity index (χ1n) is 11.6. The molecule has 0 saturated heterocycles. The van der Waals surface area contributed by atoms with E-state index in [0.717, 1.165) is 18.2 Å². The number of hydrogen-bond acceptors (Lipinski definition) is 4. The smallest absolute Gasteiger partial charge is 0.416 e. The maximum atomic E-state index is 14.2. The van der Waals surface area contributed by atoms with Crippen molar-refractivity contribution in [3.63, 3.8) is 0 Å². The molecular formula is C26H15ClF7N3O4. The Morgan fingerprint density at radius 2 is 1.83 bits per heavy atom. The Hall–Kier alpha value is -4.33. The molecule has 15 heteroatoms. The normalized spacial score (nSPS) is 16.3. The van der Waals surface area contributed by atoms with Crippen molar-refractivity contribution in [2.24, 2.45) is 0 Å². The van der Waals surface area contributed by atoms with Crippen molar-refractivity contribution >= 4 is 40.9 Å². The fourth-order valence-corrected chi connectivity index (χ4v) is 4.95. The standard InChI is InChI=1S/C26H15ClF7N3O4/c27-16-2-1-12(28)6-14(16)22-21-17(35-23(38)10-3-11(26(32,33)34)5-13(29)4-10)7-18-15(20(21)24(39)36-22)9-41-25(40)37(18)8-19(30)31/h1-7,19,22H,8-9H2,(H,35,38)(H,36,39). The zero-order chi connectivity index (χ0) is 29.8. The van der Waals surface area contributed by atoms with Gasteiger partial charge in [-0.3, -0.25) is 14.5 Å². The van der Waals surface area contributed by atoms with Crippen LogP contribution in [-0.4, -0.2) is 30.9 Å². The van der Waals surface area contributed by atoms with Gasteiger partial charge in [-0.15, -0.1) is 0 Å². The van der Waals surface area contributed by atoms with Gasteiger partial charge in [0.25, 0.3) is 18.2 Å². The molecule has 3 amide bonds. The molecule has 3 aromatic carbocycles. The van der Waals surface area contributed by atoms with Crippen LogP contribution >= 0.6 is 11.6 Å². The molecule has 0 radical (unpaired) electrons. The van der Waals surface area contributed by atoms with Crippen molar-refractivity contribution in [3.05, 3.63) is 92.5 Å². The van der Waals surface area contributed by atoms with Crippen molar-refractivity contribution in [3.8, 4) is 0 Å². The van der Waals surface area contributed by atoms with E-state index in [1.807, 2.05) is 0 Å². The molecule has 0 aliphatic carbocycles. The van der Waals surface area contributed by atoms with Crippen LogP contribution in [0.25, 0.3) is 0 Å². The lowest BCUT2D eigenvalue weighted by molar-refractivity contribution is -0.137. The molecule has 5 rings (SSSR count). The van der Waals surface area contributed by atoms with Gasteiger partial charge in [-0.05, 0) is 42.5 Å². The summed E-state index contributed by atoms with van der Waals surface area (Å²) in [6, 6.07) is 4.17. The summed E-state index contributed by atoms with van der Waals surface area (Å²) in [6.45, 7) is -1.68. The second kappa shape index (κ2) is 10.3. The van der Waals surface area contributed by atoms with Crippen LogP contribution in [0.5, 0.6) is 0 Å². The molecule has 0 saturated carbocycles. The molecule has 1 unspecified atom stereocenters. The number of cyclic esters (lactones) is 1. The molecule has 0 fully saturated rings. The third kappa shape index (κ3) is 5.26. The first-order valence-corrected chi connectivity index (χ1v) is 12.0. The average Bonchev–Trinajstić information content (AvgIpc) is 3.23. The Kier molecular flexibility index (Phi) is 7.05. The largest absolute Gasteiger partial charge is 0.444 e. The number of carbonyl (C=O) groups excluding carboxylic acids is 3. The van der Waals surface area contributed by atoms with Gasteiger partial charge in [0.05, 0.1) is 29.4 Å². The molecule has 7 nitrogen and oxygen atoms in total. The molecule has 0 bridgehead atoms. The number of nitrogens with zero attached hydrogens (tertiary/aromatic N) is 1.